The Balaban J connectivity index is 1.67. The van der Waals surface area contributed by atoms with Crippen molar-refractivity contribution in [2.24, 2.45) is 11.8 Å². The lowest BCUT2D eigenvalue weighted by atomic mass is 9.87. The highest BCUT2D eigenvalue weighted by molar-refractivity contribution is 7.93. The SMILES string of the molecule is CCC1(c2cc(NS(=O)(=O)C3CC3)ccc2F)C2CNCC21. The normalized spacial score (nSPS) is 33.5. The van der Waals surface area contributed by atoms with Gasteiger partial charge in [0.05, 0.1) is 5.25 Å². The molecule has 4 rings (SSSR count). The molecule has 1 aromatic rings. The number of hydrogen-bond donors (Lipinski definition) is 2. The first-order valence-corrected chi connectivity index (χ1v) is 9.56. The zero-order chi connectivity index (χ0) is 15.5. The first kappa shape index (κ1) is 14.5. The Hall–Kier alpha value is -1.14. The molecule has 0 spiro atoms. The maximum Gasteiger partial charge on any atom is 0.235 e. The van der Waals surface area contributed by atoms with Gasteiger partial charge in [-0.05, 0) is 68.0 Å². The van der Waals surface area contributed by atoms with Gasteiger partial charge in [0, 0.05) is 11.1 Å². The van der Waals surface area contributed by atoms with Crippen LogP contribution in [0, 0.1) is 17.7 Å². The van der Waals surface area contributed by atoms with Crippen LogP contribution in [0.4, 0.5) is 10.1 Å². The van der Waals surface area contributed by atoms with Crippen molar-refractivity contribution in [3.8, 4) is 0 Å². The van der Waals surface area contributed by atoms with E-state index in [1.54, 1.807) is 6.07 Å². The fraction of sp³-hybridized carbons (Fsp3) is 0.625. The third-order valence-electron chi connectivity index (χ3n) is 5.70. The lowest BCUT2D eigenvalue weighted by molar-refractivity contribution is 0.473. The Morgan fingerprint density at radius 2 is 2.00 bits per heavy atom. The van der Waals surface area contributed by atoms with Crippen molar-refractivity contribution in [2.45, 2.75) is 36.9 Å². The van der Waals surface area contributed by atoms with Crippen LogP contribution in [0.25, 0.3) is 0 Å². The van der Waals surface area contributed by atoms with Gasteiger partial charge >= 0.3 is 0 Å². The minimum Gasteiger partial charge on any atom is -0.316 e. The zero-order valence-electron chi connectivity index (χ0n) is 12.6. The fourth-order valence-electron chi connectivity index (χ4n) is 4.33. The van der Waals surface area contributed by atoms with E-state index < -0.39 is 10.0 Å². The monoisotopic (exact) mass is 324 g/mol. The van der Waals surface area contributed by atoms with Gasteiger partial charge in [0.15, 0.2) is 0 Å². The third-order valence-corrected chi connectivity index (χ3v) is 7.57. The predicted octanol–water partition coefficient (Wildman–Crippen LogP) is 2.23. The molecule has 120 valence electrons. The highest BCUT2D eigenvalue weighted by Crippen LogP contribution is 2.64. The van der Waals surface area contributed by atoms with Crippen LogP contribution in [-0.4, -0.2) is 26.8 Å². The lowest BCUT2D eigenvalue weighted by Crippen LogP contribution is -2.26. The second-order valence-corrected chi connectivity index (χ2v) is 8.77. The molecule has 2 unspecified atom stereocenters. The number of fused-ring (bicyclic) bond motifs is 1. The molecule has 0 radical (unpaired) electrons. The minimum atomic E-state index is -3.30. The molecular weight excluding hydrogens is 303 g/mol. The standard InChI is InChI=1S/C16H21FN2O2S/c1-2-16(13-8-18-9-14(13)16)12-7-10(3-6-15(12)17)19-22(20,21)11-4-5-11/h3,6-7,11,13-14,18-19H,2,4-5,8-9H2,1H3. The number of halogens is 1. The summed E-state index contributed by atoms with van der Waals surface area (Å²) in [4.78, 5) is 0. The van der Waals surface area contributed by atoms with Crippen molar-refractivity contribution < 1.29 is 12.8 Å². The Morgan fingerprint density at radius 1 is 1.32 bits per heavy atom. The van der Waals surface area contributed by atoms with Gasteiger partial charge in [0.1, 0.15) is 5.82 Å². The number of hydrogen-bond acceptors (Lipinski definition) is 3. The number of anilines is 1. The number of rotatable bonds is 5. The van der Waals surface area contributed by atoms with Gasteiger partial charge in [0.2, 0.25) is 10.0 Å². The van der Waals surface area contributed by atoms with Crippen molar-refractivity contribution in [3.63, 3.8) is 0 Å². The van der Waals surface area contributed by atoms with E-state index in [-0.39, 0.29) is 16.5 Å². The van der Waals surface area contributed by atoms with Crippen LogP contribution in [0.2, 0.25) is 0 Å². The molecule has 2 aliphatic carbocycles. The lowest BCUT2D eigenvalue weighted by Gasteiger charge is -2.22. The van der Waals surface area contributed by atoms with Crippen LogP contribution in [0.1, 0.15) is 31.7 Å². The van der Waals surface area contributed by atoms with Gasteiger partial charge in [-0.3, -0.25) is 4.72 Å². The first-order valence-electron chi connectivity index (χ1n) is 8.01. The Bertz CT molecular complexity index is 705. The van der Waals surface area contributed by atoms with Gasteiger partial charge in [-0.1, -0.05) is 6.92 Å². The molecule has 1 aliphatic heterocycles. The summed E-state index contributed by atoms with van der Waals surface area (Å²) in [6, 6.07) is 4.65. The predicted molar refractivity (Wildman–Crippen MR) is 83.8 cm³/mol. The molecule has 0 aromatic heterocycles. The smallest absolute Gasteiger partial charge is 0.235 e. The summed E-state index contributed by atoms with van der Waals surface area (Å²) in [7, 11) is -3.30. The molecular formula is C16H21FN2O2S. The molecule has 0 bridgehead atoms. The summed E-state index contributed by atoms with van der Waals surface area (Å²) in [5, 5.41) is 3.07. The topological polar surface area (TPSA) is 58.2 Å². The number of benzene rings is 1. The summed E-state index contributed by atoms with van der Waals surface area (Å²) >= 11 is 0. The van der Waals surface area contributed by atoms with Crippen molar-refractivity contribution >= 4 is 15.7 Å². The Morgan fingerprint density at radius 3 is 2.59 bits per heavy atom. The van der Waals surface area contributed by atoms with E-state index in [1.807, 2.05) is 0 Å². The molecule has 2 atom stereocenters. The molecule has 0 amide bonds. The highest BCUT2D eigenvalue weighted by Gasteiger charge is 2.66. The van der Waals surface area contributed by atoms with Gasteiger partial charge in [-0.2, -0.15) is 0 Å². The van der Waals surface area contributed by atoms with E-state index in [4.69, 9.17) is 0 Å². The Kier molecular flexibility index (Phi) is 3.07. The van der Waals surface area contributed by atoms with Gasteiger partial charge in [-0.15, -0.1) is 0 Å². The van der Waals surface area contributed by atoms with E-state index in [0.717, 1.165) is 32.4 Å². The number of sulfonamides is 1. The summed E-state index contributed by atoms with van der Waals surface area (Å²) < 4.78 is 41.2. The average Bonchev–Trinajstić information content (AvgIpc) is 3.38. The molecule has 6 heteroatoms. The quantitative estimate of drug-likeness (QED) is 0.873. The summed E-state index contributed by atoms with van der Waals surface area (Å²) in [6.07, 6.45) is 2.33. The van der Waals surface area contributed by atoms with Gasteiger partial charge in [-0.25, -0.2) is 12.8 Å². The molecule has 1 heterocycles. The van der Waals surface area contributed by atoms with Gasteiger partial charge < -0.3 is 5.32 Å². The van der Waals surface area contributed by atoms with Gasteiger partial charge in [0.25, 0.3) is 0 Å². The van der Waals surface area contributed by atoms with Crippen molar-refractivity contribution in [2.75, 3.05) is 17.8 Å². The summed E-state index contributed by atoms with van der Waals surface area (Å²) in [5.74, 6) is 0.732. The van der Waals surface area contributed by atoms with Crippen LogP contribution >= 0.6 is 0 Å². The summed E-state index contributed by atoms with van der Waals surface area (Å²) in [5.41, 5.74) is 1.06. The largest absolute Gasteiger partial charge is 0.316 e. The van der Waals surface area contributed by atoms with E-state index >= 15 is 0 Å². The summed E-state index contributed by atoms with van der Waals surface area (Å²) in [6.45, 7) is 3.95. The molecule has 2 saturated carbocycles. The van der Waals surface area contributed by atoms with E-state index in [1.165, 1.54) is 12.1 Å². The minimum absolute atomic E-state index is 0.115. The molecule has 1 aromatic carbocycles. The molecule has 3 fully saturated rings. The van der Waals surface area contributed by atoms with E-state index in [0.29, 0.717) is 23.1 Å². The Labute approximate surface area is 130 Å². The maximum atomic E-state index is 14.4. The highest BCUT2D eigenvalue weighted by atomic mass is 32.2. The average molecular weight is 324 g/mol. The molecule has 4 nitrogen and oxygen atoms in total. The van der Waals surface area contributed by atoms with Crippen LogP contribution in [-0.2, 0) is 15.4 Å². The third kappa shape index (κ3) is 2.00. The van der Waals surface area contributed by atoms with Crippen molar-refractivity contribution in [1.29, 1.82) is 0 Å². The van der Waals surface area contributed by atoms with E-state index in [2.05, 4.69) is 17.0 Å². The second-order valence-electron chi connectivity index (χ2n) is 6.81. The number of piperidine rings is 1. The van der Waals surface area contributed by atoms with E-state index in [9.17, 15) is 12.8 Å². The zero-order valence-corrected chi connectivity index (χ0v) is 13.4. The molecule has 1 saturated heterocycles. The van der Waals surface area contributed by atoms with Crippen LogP contribution in [0.15, 0.2) is 18.2 Å². The first-order chi connectivity index (χ1) is 10.5. The van der Waals surface area contributed by atoms with Crippen LogP contribution in [0.5, 0.6) is 0 Å². The molecule has 2 N–H and O–H groups in total. The van der Waals surface area contributed by atoms with Crippen LogP contribution < -0.4 is 10.0 Å². The van der Waals surface area contributed by atoms with Crippen molar-refractivity contribution in [1.82, 2.24) is 5.32 Å². The second kappa shape index (κ2) is 4.68. The maximum absolute atomic E-state index is 14.4. The van der Waals surface area contributed by atoms with Crippen molar-refractivity contribution in [3.05, 3.63) is 29.6 Å². The van der Waals surface area contributed by atoms with Crippen LogP contribution in [0.3, 0.4) is 0 Å². The molecule has 3 aliphatic rings. The fourth-order valence-corrected chi connectivity index (χ4v) is 5.71. The number of nitrogens with one attached hydrogen (secondary N) is 2. The molecule has 22 heavy (non-hydrogen) atoms.